The summed E-state index contributed by atoms with van der Waals surface area (Å²) in [6.07, 6.45) is 1.82. The summed E-state index contributed by atoms with van der Waals surface area (Å²) in [6.45, 7) is 0.359. The molecule has 0 unspecified atom stereocenters. The molecule has 0 atom stereocenters. The number of hydrogen-bond donors (Lipinski definition) is 1. The Morgan fingerprint density at radius 3 is 2.83 bits per heavy atom. The van der Waals surface area contributed by atoms with Gasteiger partial charge in [-0.25, -0.2) is 9.50 Å². The zero-order chi connectivity index (χ0) is 15.8. The van der Waals surface area contributed by atoms with Crippen molar-refractivity contribution >= 4 is 22.5 Å². The van der Waals surface area contributed by atoms with Gasteiger partial charge in [0.15, 0.2) is 5.69 Å². The van der Waals surface area contributed by atoms with E-state index in [2.05, 4.69) is 15.4 Å². The molecule has 0 aliphatic carbocycles. The number of rotatable bonds is 3. The van der Waals surface area contributed by atoms with E-state index in [0.29, 0.717) is 12.2 Å². The van der Waals surface area contributed by atoms with Crippen molar-refractivity contribution in [2.75, 3.05) is 0 Å². The number of pyridine rings is 1. The topological polar surface area (TPSA) is 64.2 Å². The first-order chi connectivity index (χ1) is 11.2. The number of para-hydroxylation sites is 2. The first kappa shape index (κ1) is 13.5. The Morgan fingerprint density at radius 1 is 1.17 bits per heavy atom. The minimum Gasteiger partial charge on any atom is -0.343 e. The van der Waals surface area contributed by atoms with Crippen LogP contribution in [-0.2, 0) is 13.6 Å². The summed E-state index contributed by atoms with van der Waals surface area (Å²) in [6, 6.07) is 15.4. The molecule has 4 rings (SSSR count). The molecule has 0 fully saturated rings. The third kappa shape index (κ3) is 2.34. The first-order valence-electron chi connectivity index (χ1n) is 7.35. The number of imidazole rings is 1. The normalized spacial score (nSPS) is 11.2. The van der Waals surface area contributed by atoms with Crippen LogP contribution in [0.3, 0.4) is 0 Å². The number of hydrogen-bond acceptors (Lipinski definition) is 3. The molecule has 4 aromatic rings. The molecule has 6 nitrogen and oxygen atoms in total. The zero-order valence-electron chi connectivity index (χ0n) is 12.6. The Balaban J connectivity index is 1.55. The summed E-state index contributed by atoms with van der Waals surface area (Å²) in [5.41, 5.74) is 3.26. The van der Waals surface area contributed by atoms with Gasteiger partial charge in [0.1, 0.15) is 5.82 Å². The van der Waals surface area contributed by atoms with Crippen molar-refractivity contribution in [3.8, 4) is 0 Å². The van der Waals surface area contributed by atoms with Gasteiger partial charge in [0.25, 0.3) is 5.91 Å². The van der Waals surface area contributed by atoms with Crippen molar-refractivity contribution in [2.45, 2.75) is 6.54 Å². The Hall–Kier alpha value is -3.15. The number of benzene rings is 1. The Kier molecular flexibility index (Phi) is 3.08. The van der Waals surface area contributed by atoms with Crippen molar-refractivity contribution < 1.29 is 4.79 Å². The molecule has 1 aromatic carbocycles. The molecule has 0 aliphatic heterocycles. The van der Waals surface area contributed by atoms with Crippen LogP contribution < -0.4 is 5.32 Å². The maximum absolute atomic E-state index is 12.3. The highest BCUT2D eigenvalue weighted by Gasteiger charge is 2.12. The third-order valence-corrected chi connectivity index (χ3v) is 3.89. The lowest BCUT2D eigenvalue weighted by Gasteiger charge is -2.03. The number of fused-ring (bicyclic) bond motifs is 2. The summed E-state index contributed by atoms with van der Waals surface area (Å²) < 4.78 is 3.67. The average Bonchev–Trinajstić information content (AvgIpc) is 3.15. The molecule has 0 radical (unpaired) electrons. The van der Waals surface area contributed by atoms with Crippen LogP contribution >= 0.6 is 0 Å². The fraction of sp³-hybridized carbons (Fsp3) is 0.118. The summed E-state index contributed by atoms with van der Waals surface area (Å²) >= 11 is 0. The number of amides is 1. The van der Waals surface area contributed by atoms with Gasteiger partial charge in [-0.05, 0) is 30.3 Å². The van der Waals surface area contributed by atoms with Crippen molar-refractivity contribution in [3.63, 3.8) is 0 Å². The third-order valence-electron chi connectivity index (χ3n) is 3.89. The minimum atomic E-state index is -0.208. The van der Waals surface area contributed by atoms with Crippen LogP contribution in [0.5, 0.6) is 0 Å². The zero-order valence-corrected chi connectivity index (χ0v) is 12.6. The first-order valence-corrected chi connectivity index (χ1v) is 7.35. The predicted molar refractivity (Wildman–Crippen MR) is 87.1 cm³/mol. The largest absolute Gasteiger partial charge is 0.343 e. The molecule has 114 valence electrons. The maximum atomic E-state index is 12.3. The van der Waals surface area contributed by atoms with Crippen LogP contribution in [-0.4, -0.2) is 25.1 Å². The number of carbonyl (C=O) groups excluding carboxylic acids is 1. The van der Waals surface area contributed by atoms with E-state index >= 15 is 0 Å². The van der Waals surface area contributed by atoms with Crippen molar-refractivity contribution in [1.29, 1.82) is 0 Å². The lowest BCUT2D eigenvalue weighted by atomic mass is 10.3. The highest BCUT2D eigenvalue weighted by molar-refractivity contribution is 5.93. The van der Waals surface area contributed by atoms with Crippen molar-refractivity contribution in [3.05, 3.63) is 66.2 Å². The van der Waals surface area contributed by atoms with Gasteiger partial charge < -0.3 is 9.88 Å². The minimum absolute atomic E-state index is 0.208. The van der Waals surface area contributed by atoms with Crippen molar-refractivity contribution in [2.24, 2.45) is 7.05 Å². The summed E-state index contributed by atoms with van der Waals surface area (Å²) in [5, 5.41) is 7.15. The molecule has 23 heavy (non-hydrogen) atoms. The van der Waals surface area contributed by atoms with Gasteiger partial charge in [0, 0.05) is 13.2 Å². The highest BCUT2D eigenvalue weighted by Crippen LogP contribution is 2.14. The van der Waals surface area contributed by atoms with E-state index in [1.165, 1.54) is 0 Å². The smallest absolute Gasteiger partial charge is 0.272 e. The van der Waals surface area contributed by atoms with E-state index in [0.717, 1.165) is 22.4 Å². The van der Waals surface area contributed by atoms with Crippen LogP contribution in [0.2, 0.25) is 0 Å². The van der Waals surface area contributed by atoms with Crippen LogP contribution in [0.4, 0.5) is 0 Å². The average molecular weight is 305 g/mol. The number of aryl methyl sites for hydroxylation is 1. The van der Waals surface area contributed by atoms with E-state index in [-0.39, 0.29) is 5.91 Å². The Morgan fingerprint density at radius 2 is 2.00 bits per heavy atom. The Labute approximate surface area is 132 Å². The molecule has 3 aromatic heterocycles. The van der Waals surface area contributed by atoms with Crippen LogP contribution in [0.15, 0.2) is 54.7 Å². The molecule has 0 bridgehead atoms. The number of aromatic nitrogens is 4. The van der Waals surface area contributed by atoms with E-state index in [1.807, 2.05) is 60.3 Å². The molecule has 0 spiro atoms. The second-order valence-electron chi connectivity index (χ2n) is 5.36. The van der Waals surface area contributed by atoms with Gasteiger partial charge >= 0.3 is 0 Å². The second-order valence-corrected chi connectivity index (χ2v) is 5.36. The maximum Gasteiger partial charge on any atom is 0.272 e. The number of nitrogens with zero attached hydrogens (tertiary/aromatic N) is 4. The standard InChI is InChI=1S/C17H15N5O/c1-21-15-8-3-2-7-13(15)19-16(21)11-18-17(23)14-10-12-6-4-5-9-22(12)20-14/h2-10H,11H2,1H3,(H,18,23). The quantitative estimate of drug-likeness (QED) is 0.631. The van der Waals surface area contributed by atoms with Gasteiger partial charge in [0.05, 0.1) is 23.1 Å². The molecule has 6 heteroatoms. The summed E-state index contributed by atoms with van der Waals surface area (Å²) in [5.74, 6) is 0.601. The van der Waals surface area contributed by atoms with Gasteiger partial charge in [-0.2, -0.15) is 5.10 Å². The molecular weight excluding hydrogens is 290 g/mol. The second kappa shape index (κ2) is 5.24. The van der Waals surface area contributed by atoms with Crippen molar-refractivity contribution in [1.82, 2.24) is 24.5 Å². The predicted octanol–water partition coefficient (Wildman–Crippen LogP) is 2.15. The molecule has 0 aliphatic rings. The SMILES string of the molecule is Cn1c(CNC(=O)c2cc3ccccn3n2)nc2ccccc21. The van der Waals surface area contributed by atoms with Gasteiger partial charge in [-0.1, -0.05) is 18.2 Å². The monoisotopic (exact) mass is 305 g/mol. The fourth-order valence-electron chi connectivity index (χ4n) is 2.65. The van der Waals surface area contributed by atoms with Gasteiger partial charge in [-0.15, -0.1) is 0 Å². The number of carbonyl (C=O) groups is 1. The molecule has 0 saturated carbocycles. The lowest BCUT2D eigenvalue weighted by molar-refractivity contribution is 0.0944. The van der Waals surface area contributed by atoms with E-state index in [9.17, 15) is 4.79 Å². The van der Waals surface area contributed by atoms with Crippen LogP contribution in [0.1, 0.15) is 16.3 Å². The summed E-state index contributed by atoms with van der Waals surface area (Å²) in [4.78, 5) is 16.8. The van der Waals surface area contributed by atoms with E-state index < -0.39 is 0 Å². The van der Waals surface area contributed by atoms with Crippen LogP contribution in [0.25, 0.3) is 16.6 Å². The molecule has 1 N–H and O–H groups in total. The molecule has 1 amide bonds. The summed E-state index contributed by atoms with van der Waals surface area (Å²) in [7, 11) is 1.95. The van der Waals surface area contributed by atoms with E-state index in [1.54, 1.807) is 10.6 Å². The van der Waals surface area contributed by atoms with Gasteiger partial charge in [-0.3, -0.25) is 4.79 Å². The highest BCUT2D eigenvalue weighted by atomic mass is 16.1. The molecule has 0 saturated heterocycles. The van der Waals surface area contributed by atoms with Crippen LogP contribution in [0, 0.1) is 0 Å². The van der Waals surface area contributed by atoms with Gasteiger partial charge in [0.2, 0.25) is 0 Å². The molecular formula is C17H15N5O. The molecule has 3 heterocycles. The Bertz CT molecular complexity index is 981. The number of nitrogens with one attached hydrogen (secondary N) is 1. The van der Waals surface area contributed by atoms with E-state index in [4.69, 9.17) is 0 Å². The fourth-order valence-corrected chi connectivity index (χ4v) is 2.65. The lowest BCUT2D eigenvalue weighted by Crippen LogP contribution is -2.24.